The molecule has 1 aromatic rings. The Morgan fingerprint density at radius 3 is 1.53 bits per heavy atom. The number of ketones is 2. The maximum atomic E-state index is 14.7. The van der Waals surface area contributed by atoms with E-state index in [1.54, 1.807) is 44.2 Å². The summed E-state index contributed by atoms with van der Waals surface area (Å²) in [6.07, 6.45) is -6.56. The predicted octanol–water partition coefficient (Wildman–Crippen LogP) is -6.56. The third-order valence-corrected chi connectivity index (χ3v) is 18.4. The van der Waals surface area contributed by atoms with Crippen molar-refractivity contribution in [2.24, 2.45) is 88.8 Å². The van der Waals surface area contributed by atoms with Crippen molar-refractivity contribution < 1.29 is 87.5 Å². The standard InChI is InChI=1S/C62H100N22O18S2/c1-30(2)21-39-53(96)80-42(27-85)56(99)82-48(31(3)86)57(100)75-36(14-9-19-72-60(67)68)44(87)23-33(13-8-18-71-59(65)66)49(92)79-41(26-62(4)83-84-62)55(98)76-38(15-10-20-73-61(69)70)52(95)81-43(58(101)102)29-104-103-28-35(63)51(94)74-37(16-17-46(64)89)45(88)24-34(22-32-11-6-5-7-12-32)50(93)77-40(25-47(90)91)54(97)78-39/h5-7,11-12,30-31,33-43,48,85-86H,8-10,13-29,63H2,1-4H3,(H2,64,89)(H,74,94)(H,75,100)(H,76,98)(H,77,93)(H,78,97)(H,79,92)(H,80,96)(H,81,95)(H,82,99)(H,90,91)(H,101,102)(H4,65,66,71)(H4,67,68,72)(H4,69,70,73)/t31-,33-,34-,35+,36+,37+,38+,39+,40+,41+,42+,43?,48+/m1/s1. The van der Waals surface area contributed by atoms with Crippen molar-refractivity contribution in [3.63, 3.8) is 0 Å². The molecule has 1 fully saturated rings. The van der Waals surface area contributed by atoms with Crippen LogP contribution in [0.3, 0.4) is 0 Å². The number of carbonyl (C=O) groups excluding carboxylic acids is 12. The highest BCUT2D eigenvalue weighted by Crippen LogP contribution is 2.33. The fraction of sp³-hybridized carbons (Fsp3) is 0.629. The number of carboxylic acid groups (broad SMARTS) is 2. The van der Waals surface area contributed by atoms with Gasteiger partial charge in [0.15, 0.2) is 35.1 Å². The van der Waals surface area contributed by atoms with Gasteiger partial charge in [-0.2, -0.15) is 10.2 Å². The van der Waals surface area contributed by atoms with Gasteiger partial charge in [-0.15, -0.1) is 0 Å². The van der Waals surface area contributed by atoms with Crippen LogP contribution in [0.2, 0.25) is 0 Å². The molecule has 104 heavy (non-hydrogen) atoms. The van der Waals surface area contributed by atoms with Gasteiger partial charge in [0, 0.05) is 68.7 Å². The molecule has 0 radical (unpaired) electrons. The number of nitrogens with one attached hydrogen (secondary N) is 9. The molecule has 42 heteroatoms. The third-order valence-electron chi connectivity index (χ3n) is 16.0. The van der Waals surface area contributed by atoms with Gasteiger partial charge in [0.25, 0.3) is 0 Å². The van der Waals surface area contributed by atoms with Gasteiger partial charge in [0.05, 0.1) is 37.3 Å². The van der Waals surface area contributed by atoms with E-state index in [2.05, 4.69) is 73.1 Å². The number of aliphatic carboxylic acids is 2. The Kier molecular flexibility index (Phi) is 38.0. The molecular weight excluding hydrogens is 1400 g/mol. The molecule has 0 saturated carbocycles. The number of primary amides is 1. The molecule has 0 bridgehead atoms. The fourth-order valence-corrected chi connectivity index (χ4v) is 12.7. The summed E-state index contributed by atoms with van der Waals surface area (Å²) in [5.41, 5.74) is 44.3. The number of guanidine groups is 3. The van der Waals surface area contributed by atoms with E-state index in [0.717, 1.165) is 28.5 Å². The van der Waals surface area contributed by atoms with Crippen molar-refractivity contribution in [3.8, 4) is 0 Å². The van der Waals surface area contributed by atoms with E-state index in [9.17, 15) is 87.5 Å². The van der Waals surface area contributed by atoms with Gasteiger partial charge < -0.3 is 114 Å². The second kappa shape index (κ2) is 44.6. The molecule has 2 aliphatic heterocycles. The maximum absolute atomic E-state index is 14.7. The molecule has 2 heterocycles. The van der Waals surface area contributed by atoms with Crippen LogP contribution in [0.25, 0.3) is 0 Å². The number of rotatable bonds is 26. The van der Waals surface area contributed by atoms with Crippen LogP contribution < -0.4 is 93.7 Å². The SMILES string of the molecule is CC(C)C[C@@H]1NC(=O)[C@H](CC(=O)O)NC(=O)[C@H](Cc2ccccc2)CC(=O)[C@H](CCC(N)=O)NC(=O)[C@@H](N)CSSCC(C(=O)O)NC(=O)[C@H](CCCN=C(N)N)NC(=O)[C@H](CC2(C)N=N2)NC(=O)[C@H](CCCN=C(N)N)CC(=O)[C@H](CCCN=C(N)N)NC(=O)[C@H]([C@@H](C)O)NC(=O)[C@H](CO)NC1=O. The first-order valence-electron chi connectivity index (χ1n) is 33.4. The zero-order valence-electron chi connectivity index (χ0n) is 58.3. The molecule has 2 aliphatic rings. The van der Waals surface area contributed by atoms with Crippen LogP contribution in [-0.4, -0.2) is 231 Å². The molecule has 13 atom stereocenters. The average molecular weight is 1510 g/mol. The predicted molar refractivity (Wildman–Crippen MR) is 381 cm³/mol. The van der Waals surface area contributed by atoms with Crippen LogP contribution in [-0.2, 0) is 73.5 Å². The van der Waals surface area contributed by atoms with Gasteiger partial charge in [-0.05, 0) is 83.1 Å². The van der Waals surface area contributed by atoms with Crippen LogP contribution in [0.5, 0.6) is 0 Å². The summed E-state index contributed by atoms with van der Waals surface area (Å²) in [4.78, 5) is 207. The first-order valence-corrected chi connectivity index (χ1v) is 35.9. The molecule has 578 valence electrons. The summed E-state index contributed by atoms with van der Waals surface area (Å²) < 4.78 is 0. The number of benzene rings is 1. The van der Waals surface area contributed by atoms with Gasteiger partial charge in [-0.25, -0.2) is 4.79 Å². The minimum atomic E-state index is -1.97. The van der Waals surface area contributed by atoms with E-state index < -0.39 is 217 Å². The maximum Gasteiger partial charge on any atom is 0.327 e. The topological polar surface area (TPSA) is 698 Å². The number of hydrogen-bond acceptors (Lipinski definition) is 24. The summed E-state index contributed by atoms with van der Waals surface area (Å²) in [5, 5.41) is 71.8. The molecule has 0 aromatic heterocycles. The van der Waals surface area contributed by atoms with Crippen molar-refractivity contribution in [1.82, 2.24) is 47.9 Å². The summed E-state index contributed by atoms with van der Waals surface area (Å²) in [6, 6.07) is -8.84. The molecular formula is C62H100N22O18S2. The number of aliphatic hydroxyl groups excluding tert-OH is 2. The second-order valence-corrected chi connectivity index (χ2v) is 28.1. The Labute approximate surface area is 607 Å². The first-order chi connectivity index (χ1) is 48.9. The lowest BCUT2D eigenvalue weighted by Crippen LogP contribution is -2.61. The Bertz CT molecular complexity index is 3280. The number of carboxylic acids is 2. The Morgan fingerprint density at radius 2 is 1.00 bits per heavy atom. The lowest BCUT2D eigenvalue weighted by molar-refractivity contribution is -0.142. The van der Waals surface area contributed by atoms with Crippen molar-refractivity contribution >= 4 is 122 Å². The number of nitrogens with zero attached hydrogens (tertiary/aromatic N) is 5. The van der Waals surface area contributed by atoms with E-state index in [0.29, 0.717) is 5.56 Å². The zero-order valence-corrected chi connectivity index (χ0v) is 59.9. The molecule has 1 aromatic carbocycles. The van der Waals surface area contributed by atoms with Crippen molar-refractivity contribution in [2.45, 2.75) is 190 Å². The quantitative estimate of drug-likeness (QED) is 0.0177. The summed E-state index contributed by atoms with van der Waals surface area (Å²) in [7, 11) is 1.72. The number of amides is 10. The fourth-order valence-electron chi connectivity index (χ4n) is 10.4. The minimum Gasteiger partial charge on any atom is -0.481 e. The molecule has 10 amide bonds. The highest BCUT2D eigenvalue weighted by atomic mass is 33.1. The van der Waals surface area contributed by atoms with Crippen LogP contribution >= 0.6 is 21.6 Å². The average Bonchev–Trinajstić information content (AvgIpc) is 1.70. The van der Waals surface area contributed by atoms with E-state index >= 15 is 0 Å². The largest absolute Gasteiger partial charge is 0.481 e. The van der Waals surface area contributed by atoms with Crippen molar-refractivity contribution in [1.29, 1.82) is 0 Å². The Hall–Kier alpha value is -9.81. The number of carbonyl (C=O) groups is 14. The van der Waals surface area contributed by atoms with Gasteiger partial charge in [-0.1, -0.05) is 65.8 Å². The molecule has 29 N–H and O–H groups in total. The smallest absolute Gasteiger partial charge is 0.327 e. The van der Waals surface area contributed by atoms with Crippen molar-refractivity contribution in [3.05, 3.63) is 35.9 Å². The van der Waals surface area contributed by atoms with E-state index in [1.807, 2.05) is 0 Å². The molecule has 1 unspecified atom stereocenters. The number of aliphatic hydroxyl groups is 2. The van der Waals surface area contributed by atoms with Crippen molar-refractivity contribution in [2.75, 3.05) is 37.7 Å². The lowest BCUT2D eigenvalue weighted by atomic mass is 9.89. The second-order valence-electron chi connectivity index (χ2n) is 25.5. The Balaban J connectivity index is 2.26. The number of aliphatic imine (C=N–C) groups is 3. The van der Waals surface area contributed by atoms with Crippen LogP contribution in [0.1, 0.15) is 117 Å². The summed E-state index contributed by atoms with van der Waals surface area (Å²) >= 11 is 0. The van der Waals surface area contributed by atoms with Crippen LogP contribution in [0.15, 0.2) is 55.5 Å². The van der Waals surface area contributed by atoms with Gasteiger partial charge >= 0.3 is 11.9 Å². The third kappa shape index (κ3) is 33.5. The molecule has 40 nitrogen and oxygen atoms in total. The molecule has 3 rings (SSSR count). The minimum absolute atomic E-state index is 0.0108. The van der Waals surface area contributed by atoms with Gasteiger partial charge in [-0.3, -0.25) is 77.3 Å². The highest BCUT2D eigenvalue weighted by molar-refractivity contribution is 8.76. The summed E-state index contributed by atoms with van der Waals surface area (Å²) in [6.45, 7) is 4.43. The van der Waals surface area contributed by atoms with E-state index in [1.165, 1.54) is 6.92 Å². The number of hydrogen-bond donors (Lipinski definition) is 21. The van der Waals surface area contributed by atoms with Crippen LogP contribution in [0.4, 0.5) is 0 Å². The zero-order chi connectivity index (χ0) is 78.0. The van der Waals surface area contributed by atoms with Crippen LogP contribution in [0, 0.1) is 17.8 Å². The van der Waals surface area contributed by atoms with E-state index in [-0.39, 0.29) is 101 Å². The van der Waals surface area contributed by atoms with E-state index in [4.69, 9.17) is 45.9 Å². The van der Waals surface area contributed by atoms with Gasteiger partial charge in [0.2, 0.25) is 59.1 Å². The number of nitrogens with two attached hydrogens (primary N) is 8. The normalized spacial score (nSPS) is 25.4. The lowest BCUT2D eigenvalue weighted by Gasteiger charge is -2.28. The Morgan fingerprint density at radius 1 is 0.548 bits per heavy atom. The summed E-state index contributed by atoms with van der Waals surface area (Å²) in [5.74, 6) is -20.5. The first kappa shape index (κ1) is 88.4. The number of Topliss-reactive ketones (excluding diaryl/α,β-unsaturated/α-hetero) is 2. The van der Waals surface area contributed by atoms with Gasteiger partial charge in [0.1, 0.15) is 42.3 Å². The monoisotopic (exact) mass is 1500 g/mol. The highest BCUT2D eigenvalue weighted by Gasteiger charge is 2.43. The molecule has 0 aliphatic carbocycles. The molecule has 1 saturated heterocycles. The molecule has 0 spiro atoms.